The van der Waals surface area contributed by atoms with Crippen molar-refractivity contribution in [3.8, 4) is 45.5 Å². The van der Waals surface area contributed by atoms with Gasteiger partial charge in [-0.15, -0.1) is 77.3 Å². The summed E-state index contributed by atoms with van der Waals surface area (Å²) in [7, 11) is 0. The first-order valence-electron chi connectivity index (χ1n) is 36.1. The quantitative estimate of drug-likeness (QED) is 0.0134. The summed E-state index contributed by atoms with van der Waals surface area (Å²) in [5, 5.41) is 57.5. The molecule has 0 aliphatic heterocycles. The van der Waals surface area contributed by atoms with Crippen LogP contribution in [-0.2, 0) is 51.8 Å². The number of nitrogens with one attached hydrogen (secondary N) is 4. The van der Waals surface area contributed by atoms with Gasteiger partial charge < -0.3 is 32.1 Å². The largest absolute Gasteiger partial charge is 0.392 e. The van der Waals surface area contributed by atoms with Crippen LogP contribution in [0.15, 0.2) is 268 Å². The molecule has 0 saturated heterocycles. The van der Waals surface area contributed by atoms with Gasteiger partial charge in [-0.05, 0) is 168 Å². The summed E-state index contributed by atoms with van der Waals surface area (Å²) in [5.74, 6) is -0.703. The molecule has 0 spiro atoms. The number of thiophene rings is 4. The first kappa shape index (κ1) is 86.4. The lowest BCUT2D eigenvalue weighted by Gasteiger charge is -2.11. The number of hydrogen-bond acceptors (Lipinski definition) is 23. The van der Waals surface area contributed by atoms with Crippen LogP contribution in [0.3, 0.4) is 0 Å². The fourth-order valence-corrected chi connectivity index (χ4v) is 15.8. The summed E-state index contributed by atoms with van der Waals surface area (Å²) >= 11 is 34.4. The van der Waals surface area contributed by atoms with Crippen LogP contribution in [0.25, 0.3) is 55.9 Å². The van der Waals surface area contributed by atoms with Gasteiger partial charge in [-0.2, -0.15) is 0 Å². The Kier molecular flexibility index (Phi) is 29.1. The zero-order valence-electron chi connectivity index (χ0n) is 63.1. The van der Waals surface area contributed by atoms with Crippen LogP contribution >= 0.6 is 103 Å². The van der Waals surface area contributed by atoms with Crippen molar-refractivity contribution in [2.45, 2.75) is 51.8 Å². The fourth-order valence-electron chi connectivity index (χ4n) is 11.7. The second-order valence-electron chi connectivity index (χ2n) is 25.5. The molecule has 4 amide bonds. The van der Waals surface area contributed by atoms with Crippen LogP contribution in [-0.4, -0.2) is 107 Å². The van der Waals surface area contributed by atoms with Gasteiger partial charge >= 0.3 is 0 Å². The summed E-state index contributed by atoms with van der Waals surface area (Å²) in [4.78, 5) is 102. The number of alkyl halides is 1. The number of amides is 4. The van der Waals surface area contributed by atoms with Crippen molar-refractivity contribution in [2.75, 3.05) is 0 Å². The van der Waals surface area contributed by atoms with E-state index in [1.165, 1.54) is 88.1 Å². The molecule has 0 bridgehead atoms. The highest BCUT2D eigenvalue weighted by molar-refractivity contribution is 7.19. The van der Waals surface area contributed by atoms with E-state index in [1.54, 1.807) is 202 Å². The van der Waals surface area contributed by atoms with E-state index in [2.05, 4.69) is 72.5 Å². The average molecular weight is 1810 g/mol. The molecule has 0 saturated carbocycles. The Balaban J connectivity index is 0.000000140. The van der Waals surface area contributed by atoms with Gasteiger partial charge in [0.15, 0.2) is 0 Å². The predicted molar refractivity (Wildman–Crippen MR) is 466 cm³/mol. The number of halogens is 5. The number of aliphatic hydroxyl groups excluding tert-OH is 1. The molecule has 0 unspecified atom stereocenters. The summed E-state index contributed by atoms with van der Waals surface area (Å²) in [5.41, 5.74) is 24.7. The molecular weight excluding hydrogens is 1750 g/mol. The van der Waals surface area contributed by atoms with Crippen molar-refractivity contribution in [3.05, 3.63) is 377 Å². The second kappa shape index (κ2) is 41.0. The molecule has 33 nitrogen and oxygen atoms in total. The highest BCUT2D eigenvalue weighted by atomic mass is 35.5. The summed E-state index contributed by atoms with van der Waals surface area (Å²) in [6, 6.07) is 54.6. The number of rotatable bonds is 25. The minimum Gasteiger partial charge on any atom is -0.392 e. The lowest BCUT2D eigenvalue weighted by molar-refractivity contribution is 0.0946. The summed E-state index contributed by atoms with van der Waals surface area (Å²) in [6.45, 7) is 0.904. The minimum atomic E-state index is -0.252. The molecule has 16 aromatic rings. The van der Waals surface area contributed by atoms with Crippen LogP contribution in [0.4, 0.5) is 0 Å². The Morgan fingerprint density at radius 3 is 0.943 bits per heavy atom. The van der Waals surface area contributed by atoms with Crippen molar-refractivity contribution < 1.29 is 24.3 Å². The predicted octanol–water partition coefficient (Wildman–Crippen LogP) is 12.8. The highest BCUT2D eigenvalue weighted by Crippen LogP contribution is 2.28. The van der Waals surface area contributed by atoms with Crippen molar-refractivity contribution in [2.24, 2.45) is 10.8 Å². The number of aromatic nitrogens is 16. The smallest absolute Gasteiger partial charge is 0.261 e. The Labute approximate surface area is 730 Å². The normalized spacial score (nSPS) is 10.8. The first-order valence-corrected chi connectivity index (χ1v) is 41.4. The standard InChI is InChI=1S/C20H15Cl2N5O2S.C20H15ClN8O2S.C20H17ClN6O2S.C20H16ClN5O3S/c21-10-13-9-15(26-8-2-1-3-19(26)28)4-5-16(13)27-12-14(24-25-27)11-23-20(29)17-6-7-18(22)30-17;21-18-7-6-17(32-18)20(31)23-11-14-12-29(27-25-14)16-5-4-15(9-13(16)10-24-26-22)28-8-2-1-3-19(28)30;21-18-7-6-17(30-18)20(29)23-11-14-12-27(25-24-14)16-5-4-15(9-13(16)10-22)26-8-2-1-3-19(26)28;21-18-7-6-17(30-18)20(29)22-10-14-11-26(24-23-14)16-5-4-15(9-13(16)12-27)25-8-2-1-3-19(25)28/h1-9,12H,10-11H2,(H,23,29);1-9,12H,10-11H2,(H,23,31);1-9,12H,10-11,22H2,(H,23,29);1-9,11,27H,10,12H2,(H,22,29). The maximum atomic E-state index is 12.2. The lowest BCUT2D eigenvalue weighted by atomic mass is 10.1. The van der Waals surface area contributed by atoms with Crippen LogP contribution in [0.1, 0.15) is 83.7 Å². The van der Waals surface area contributed by atoms with Gasteiger partial charge in [0.25, 0.3) is 45.9 Å². The molecule has 12 aromatic heterocycles. The molecule has 42 heteroatoms. The van der Waals surface area contributed by atoms with E-state index in [0.29, 0.717) is 105 Å². The molecule has 16 rings (SSSR count). The van der Waals surface area contributed by atoms with Crippen molar-refractivity contribution >= 4 is 127 Å². The van der Waals surface area contributed by atoms with E-state index < -0.39 is 0 Å². The van der Waals surface area contributed by atoms with Gasteiger partial charge in [-0.25, -0.2) is 18.7 Å². The molecule has 616 valence electrons. The summed E-state index contributed by atoms with van der Waals surface area (Å²) < 4.78 is 14.5. The van der Waals surface area contributed by atoms with E-state index in [-0.39, 0.29) is 97.6 Å². The molecule has 4 aromatic carbocycles. The van der Waals surface area contributed by atoms with Gasteiger partial charge in [-0.1, -0.05) is 96.6 Å². The Morgan fingerprint density at radius 2 is 0.672 bits per heavy atom. The number of carbonyl (C=O) groups is 4. The number of nitrogens with two attached hydrogens (primary N) is 1. The third-order valence-corrected chi connectivity index (χ3v) is 22.8. The van der Waals surface area contributed by atoms with E-state index in [0.717, 1.165) is 22.5 Å². The Hall–Kier alpha value is -13.4. The Morgan fingerprint density at radius 1 is 0.393 bits per heavy atom. The number of azide groups is 1. The Bertz CT molecular complexity index is 6310. The number of aliphatic hydroxyl groups is 1. The van der Waals surface area contributed by atoms with E-state index in [9.17, 15) is 43.5 Å². The second-order valence-corrected chi connectivity index (χ2v) is 32.7. The van der Waals surface area contributed by atoms with Gasteiger partial charge in [-0.3, -0.25) is 56.6 Å². The fraction of sp³-hybridized carbons (Fsp3) is 0.100. The van der Waals surface area contributed by atoms with Crippen LogP contribution in [0.5, 0.6) is 0 Å². The van der Waals surface area contributed by atoms with E-state index >= 15 is 0 Å². The van der Waals surface area contributed by atoms with E-state index in [4.69, 9.17) is 69.3 Å². The highest BCUT2D eigenvalue weighted by Gasteiger charge is 2.20. The van der Waals surface area contributed by atoms with Crippen molar-refractivity contribution in [1.29, 1.82) is 0 Å². The van der Waals surface area contributed by atoms with E-state index in [1.807, 2.05) is 36.4 Å². The number of pyridine rings is 4. The van der Waals surface area contributed by atoms with Gasteiger partial charge in [0.05, 0.1) is 124 Å². The molecule has 0 atom stereocenters. The molecule has 0 fully saturated rings. The molecule has 0 aliphatic rings. The molecule has 0 aliphatic carbocycles. The van der Waals surface area contributed by atoms with Crippen LogP contribution in [0.2, 0.25) is 17.3 Å². The third-order valence-electron chi connectivity index (χ3n) is 17.6. The zero-order chi connectivity index (χ0) is 85.8. The number of hydrogen-bond donors (Lipinski definition) is 6. The number of nitrogens with zero attached hydrogens (tertiary/aromatic N) is 19. The maximum absolute atomic E-state index is 12.2. The molecular formula is C80H63Cl5N24O9S4. The topological polar surface area (TPSA) is 422 Å². The van der Waals surface area contributed by atoms with Crippen molar-refractivity contribution in [3.63, 3.8) is 0 Å². The molecule has 12 heterocycles. The molecule has 7 N–H and O–H groups in total. The SMILES string of the molecule is NCc1cc(-n2ccccc2=O)ccc1-n1cc(CNC(=O)c2ccc(Cl)s2)nn1.O=C(NCc1cn(-c2ccc(-n3ccccc3=O)cc2CCl)nn1)c1ccc(Cl)s1.O=C(NCc1cn(-c2ccc(-n3ccccc3=O)cc2CO)nn1)c1ccc(Cl)s1.[N-]=[N+]=NCc1cc(-n2ccccc2=O)ccc1-n1cc(CNC(=O)c2ccc(Cl)s2)nn1. The van der Waals surface area contributed by atoms with Crippen LogP contribution in [0, 0.1) is 0 Å². The molecule has 122 heavy (non-hydrogen) atoms. The first-order chi connectivity index (χ1) is 59.2. The van der Waals surface area contributed by atoms with Gasteiger partial charge in [0, 0.05) is 94.7 Å². The average Bonchev–Trinajstić information content (AvgIpc) is 1.52. The van der Waals surface area contributed by atoms with Gasteiger partial charge in [0.1, 0.15) is 22.8 Å². The van der Waals surface area contributed by atoms with Crippen molar-refractivity contribution in [1.82, 2.24) is 99.5 Å². The minimum absolute atomic E-state index is 0.0618. The lowest BCUT2D eigenvalue weighted by Crippen LogP contribution is -2.21. The maximum Gasteiger partial charge on any atom is 0.261 e. The van der Waals surface area contributed by atoms with Gasteiger partial charge in [0.2, 0.25) is 0 Å². The van der Waals surface area contributed by atoms with Crippen LogP contribution < -0.4 is 49.2 Å². The summed E-state index contributed by atoms with van der Waals surface area (Å²) in [6.07, 6.45) is 13.5. The zero-order valence-corrected chi connectivity index (χ0v) is 70.1. The number of carbonyl (C=O) groups excluding carboxylic acids is 4. The third kappa shape index (κ3) is 22.0. The monoisotopic (exact) mass is 1810 g/mol. The molecule has 0 radical (unpaired) electrons. The number of benzene rings is 4.